The van der Waals surface area contributed by atoms with Crippen molar-refractivity contribution in [3.8, 4) is 0 Å². The Kier molecular flexibility index (Phi) is 4.38. The normalized spacial score (nSPS) is 23.9. The number of hydrogen-bond donors (Lipinski definition) is 0. The maximum absolute atomic E-state index is 13.4. The van der Waals surface area contributed by atoms with Crippen molar-refractivity contribution < 1.29 is 9.18 Å². The Morgan fingerprint density at radius 2 is 2.00 bits per heavy atom. The van der Waals surface area contributed by atoms with E-state index >= 15 is 0 Å². The van der Waals surface area contributed by atoms with Crippen LogP contribution >= 0.6 is 11.3 Å². The van der Waals surface area contributed by atoms with Crippen molar-refractivity contribution >= 4 is 17.2 Å². The Morgan fingerprint density at radius 3 is 2.76 bits per heavy atom. The molecule has 1 spiro atoms. The van der Waals surface area contributed by atoms with Gasteiger partial charge in [-0.3, -0.25) is 9.69 Å². The summed E-state index contributed by atoms with van der Waals surface area (Å²) in [4.78, 5) is 20.1. The molecule has 0 aliphatic carbocycles. The fraction of sp³-hybridized carbons (Fsp3) is 0.450. The molecule has 2 aliphatic heterocycles. The molecule has 2 fully saturated rings. The molecule has 3 nitrogen and oxygen atoms in total. The van der Waals surface area contributed by atoms with Crippen molar-refractivity contribution in [3.63, 3.8) is 0 Å². The van der Waals surface area contributed by atoms with Crippen LogP contribution in [0.25, 0.3) is 0 Å². The number of hydrogen-bond acceptors (Lipinski definition) is 3. The summed E-state index contributed by atoms with van der Waals surface area (Å²) in [6, 6.07) is 10.9. The molecule has 1 atom stereocenters. The molecule has 3 heterocycles. The second-order valence-corrected chi connectivity index (χ2v) is 8.73. The van der Waals surface area contributed by atoms with Crippen LogP contribution in [0.5, 0.6) is 0 Å². The summed E-state index contributed by atoms with van der Waals surface area (Å²) in [5.41, 5.74) is 0.647. The van der Waals surface area contributed by atoms with E-state index in [-0.39, 0.29) is 17.1 Å². The summed E-state index contributed by atoms with van der Waals surface area (Å²) in [6.45, 7) is 6.20. The van der Waals surface area contributed by atoms with Gasteiger partial charge < -0.3 is 4.90 Å². The summed E-state index contributed by atoms with van der Waals surface area (Å²) >= 11 is 1.84. The van der Waals surface area contributed by atoms with Crippen molar-refractivity contribution in [2.75, 3.05) is 19.6 Å². The lowest BCUT2D eigenvalue weighted by Gasteiger charge is -2.23. The number of carbonyl (C=O) groups excluding carboxylic acids is 1. The van der Waals surface area contributed by atoms with Crippen LogP contribution in [0.3, 0.4) is 0 Å². The average molecular weight is 358 g/mol. The smallest absolute Gasteiger partial charge is 0.230 e. The van der Waals surface area contributed by atoms with Gasteiger partial charge in [-0.05, 0) is 56.1 Å². The summed E-state index contributed by atoms with van der Waals surface area (Å²) in [7, 11) is 0. The van der Waals surface area contributed by atoms with Gasteiger partial charge in [0.1, 0.15) is 5.82 Å². The molecular weight excluding hydrogens is 335 g/mol. The van der Waals surface area contributed by atoms with Crippen LogP contribution in [0.4, 0.5) is 4.39 Å². The summed E-state index contributed by atoms with van der Waals surface area (Å²) in [5.74, 6) is 0.0127. The molecule has 25 heavy (non-hydrogen) atoms. The SMILES string of the molecule is Cc1ccc(CN2CC[C@@]3(CCN(Cc4cccc(F)c4)C3=O)C2)s1. The molecule has 2 saturated heterocycles. The number of amides is 1. The highest BCUT2D eigenvalue weighted by Gasteiger charge is 2.50. The number of likely N-dealkylation sites (tertiary alicyclic amines) is 2. The van der Waals surface area contributed by atoms with Crippen molar-refractivity contribution in [3.05, 3.63) is 57.5 Å². The third-order valence-corrected chi connectivity index (χ3v) is 6.46. The first kappa shape index (κ1) is 16.7. The Morgan fingerprint density at radius 1 is 1.16 bits per heavy atom. The van der Waals surface area contributed by atoms with Crippen LogP contribution in [0.1, 0.15) is 28.2 Å². The number of nitrogens with zero attached hydrogens (tertiary/aromatic N) is 2. The van der Waals surface area contributed by atoms with Gasteiger partial charge >= 0.3 is 0 Å². The number of rotatable bonds is 4. The lowest BCUT2D eigenvalue weighted by atomic mass is 9.85. The zero-order valence-corrected chi connectivity index (χ0v) is 15.3. The molecular formula is C20H23FN2OS. The van der Waals surface area contributed by atoms with Gasteiger partial charge in [-0.2, -0.15) is 0 Å². The van der Waals surface area contributed by atoms with Crippen molar-refractivity contribution in [2.45, 2.75) is 32.9 Å². The molecule has 2 aromatic rings. The van der Waals surface area contributed by atoms with E-state index in [1.54, 1.807) is 6.07 Å². The van der Waals surface area contributed by atoms with Gasteiger partial charge in [0.05, 0.1) is 5.41 Å². The number of aryl methyl sites for hydroxylation is 1. The minimum Gasteiger partial charge on any atom is -0.338 e. The second kappa shape index (κ2) is 6.54. The molecule has 132 valence electrons. The molecule has 0 N–H and O–H groups in total. The first-order valence-corrected chi connectivity index (χ1v) is 9.67. The quantitative estimate of drug-likeness (QED) is 0.829. The van der Waals surface area contributed by atoms with Gasteiger partial charge in [0.2, 0.25) is 5.91 Å². The number of halogens is 1. The highest BCUT2D eigenvalue weighted by Crippen LogP contribution is 2.41. The van der Waals surface area contributed by atoms with Crippen LogP contribution in [0.2, 0.25) is 0 Å². The zero-order valence-electron chi connectivity index (χ0n) is 14.5. The molecule has 1 aromatic heterocycles. The highest BCUT2D eigenvalue weighted by molar-refractivity contribution is 7.11. The Labute approximate surface area is 152 Å². The van der Waals surface area contributed by atoms with E-state index in [1.165, 1.54) is 21.9 Å². The number of carbonyl (C=O) groups is 1. The van der Waals surface area contributed by atoms with E-state index in [0.717, 1.165) is 44.6 Å². The van der Waals surface area contributed by atoms with Gasteiger partial charge in [-0.15, -0.1) is 11.3 Å². The van der Waals surface area contributed by atoms with Crippen molar-refractivity contribution in [1.82, 2.24) is 9.80 Å². The average Bonchev–Trinajstić information content (AvgIpc) is 3.25. The van der Waals surface area contributed by atoms with Crippen molar-refractivity contribution in [1.29, 1.82) is 0 Å². The van der Waals surface area contributed by atoms with Crippen LogP contribution in [0.15, 0.2) is 36.4 Å². The minimum atomic E-state index is -0.239. The van der Waals surface area contributed by atoms with E-state index in [9.17, 15) is 9.18 Å². The van der Waals surface area contributed by atoms with E-state index < -0.39 is 0 Å². The lowest BCUT2D eigenvalue weighted by molar-refractivity contribution is -0.136. The van der Waals surface area contributed by atoms with Gasteiger partial charge in [-0.25, -0.2) is 4.39 Å². The molecule has 0 saturated carbocycles. The third-order valence-electron chi connectivity index (χ3n) is 5.47. The standard InChI is InChI=1S/C20H23FN2OS/c1-15-5-6-18(25-15)13-22-9-7-20(14-22)8-10-23(19(20)24)12-16-3-2-4-17(21)11-16/h2-6,11H,7-10,12-14H2,1H3/t20-/m1/s1. The minimum absolute atomic E-state index is 0.223. The van der Waals surface area contributed by atoms with E-state index in [4.69, 9.17) is 0 Å². The monoisotopic (exact) mass is 358 g/mol. The van der Waals surface area contributed by atoms with Gasteiger partial charge in [0.25, 0.3) is 0 Å². The second-order valence-electron chi connectivity index (χ2n) is 7.36. The largest absolute Gasteiger partial charge is 0.338 e. The first-order valence-electron chi connectivity index (χ1n) is 8.86. The number of thiophene rings is 1. The van der Waals surface area contributed by atoms with Crippen molar-refractivity contribution in [2.24, 2.45) is 5.41 Å². The van der Waals surface area contributed by atoms with E-state index in [0.29, 0.717) is 6.54 Å². The molecule has 2 aliphatic rings. The topological polar surface area (TPSA) is 23.6 Å². The molecule has 0 radical (unpaired) electrons. The predicted octanol–water partition coefficient (Wildman–Crippen LogP) is 3.82. The first-order chi connectivity index (χ1) is 12.0. The van der Waals surface area contributed by atoms with E-state index in [1.807, 2.05) is 22.3 Å². The lowest BCUT2D eigenvalue weighted by Crippen LogP contribution is -2.36. The Bertz CT molecular complexity index is 790. The Hall–Kier alpha value is -1.72. The maximum Gasteiger partial charge on any atom is 0.230 e. The fourth-order valence-corrected chi connectivity index (χ4v) is 5.09. The molecule has 0 unspecified atom stereocenters. The molecule has 1 aromatic carbocycles. The summed E-state index contributed by atoms with van der Waals surface area (Å²) in [6.07, 6.45) is 1.86. The molecule has 5 heteroatoms. The van der Waals surface area contributed by atoms with Gasteiger partial charge in [0.15, 0.2) is 0 Å². The summed E-state index contributed by atoms with van der Waals surface area (Å²) in [5, 5.41) is 0. The number of benzene rings is 1. The third kappa shape index (κ3) is 3.35. The highest BCUT2D eigenvalue weighted by atomic mass is 32.1. The van der Waals surface area contributed by atoms with Gasteiger partial charge in [-0.1, -0.05) is 12.1 Å². The summed E-state index contributed by atoms with van der Waals surface area (Å²) < 4.78 is 13.4. The Balaban J connectivity index is 1.41. The maximum atomic E-state index is 13.4. The zero-order chi connectivity index (χ0) is 17.4. The molecule has 0 bridgehead atoms. The van der Waals surface area contributed by atoms with Crippen LogP contribution in [-0.4, -0.2) is 35.3 Å². The van der Waals surface area contributed by atoms with Crippen LogP contribution in [0, 0.1) is 18.2 Å². The fourth-order valence-electron chi connectivity index (χ4n) is 4.16. The van der Waals surface area contributed by atoms with E-state index in [2.05, 4.69) is 24.0 Å². The van der Waals surface area contributed by atoms with Gasteiger partial charge in [0, 0.05) is 35.9 Å². The van der Waals surface area contributed by atoms with Crippen LogP contribution < -0.4 is 0 Å². The molecule has 4 rings (SSSR count). The predicted molar refractivity (Wildman–Crippen MR) is 97.8 cm³/mol. The van der Waals surface area contributed by atoms with Crippen LogP contribution in [-0.2, 0) is 17.9 Å². The molecule has 1 amide bonds.